The van der Waals surface area contributed by atoms with E-state index in [0.29, 0.717) is 11.3 Å². The number of carboxylic acids is 1. The molecule has 1 N–H and O–H groups in total. The average Bonchev–Trinajstić information content (AvgIpc) is 2.53. The molecule has 0 atom stereocenters. The molecule has 17 heavy (non-hydrogen) atoms. The van der Waals surface area contributed by atoms with Crippen LogP contribution in [-0.2, 0) is 6.54 Å². The van der Waals surface area contributed by atoms with Crippen molar-refractivity contribution in [2.75, 3.05) is 0 Å². The molecule has 4 heteroatoms. The smallest absolute Gasteiger partial charge is 0.339 e. The van der Waals surface area contributed by atoms with Gasteiger partial charge in [0, 0.05) is 6.54 Å². The fourth-order valence-corrected chi connectivity index (χ4v) is 2.09. The molecule has 0 bridgehead atoms. The summed E-state index contributed by atoms with van der Waals surface area (Å²) in [4.78, 5) is 11.0. The molecule has 0 aliphatic rings. The second kappa shape index (κ2) is 6.42. The van der Waals surface area contributed by atoms with E-state index >= 15 is 0 Å². The summed E-state index contributed by atoms with van der Waals surface area (Å²) < 4.78 is 1.82. The number of nitrogens with zero attached hydrogens (tertiary/aromatic N) is 2. The van der Waals surface area contributed by atoms with Crippen LogP contribution in [0.2, 0.25) is 0 Å². The Morgan fingerprint density at radius 2 is 1.88 bits per heavy atom. The van der Waals surface area contributed by atoms with Gasteiger partial charge in [0.15, 0.2) is 0 Å². The number of aryl methyl sites for hydroxylation is 2. The first kappa shape index (κ1) is 13.7. The van der Waals surface area contributed by atoms with Gasteiger partial charge in [-0.15, -0.1) is 0 Å². The van der Waals surface area contributed by atoms with Gasteiger partial charge >= 0.3 is 5.97 Å². The van der Waals surface area contributed by atoms with Crippen LogP contribution in [-0.4, -0.2) is 20.9 Å². The van der Waals surface area contributed by atoms with Crippen molar-refractivity contribution in [3.8, 4) is 0 Å². The summed E-state index contributed by atoms with van der Waals surface area (Å²) in [5.74, 6) is -0.878. The first-order valence-corrected chi connectivity index (χ1v) is 6.35. The molecular weight excluding hydrogens is 216 g/mol. The van der Waals surface area contributed by atoms with Crippen LogP contribution in [0.15, 0.2) is 0 Å². The molecule has 0 radical (unpaired) electrons. The Morgan fingerprint density at radius 1 is 1.24 bits per heavy atom. The van der Waals surface area contributed by atoms with Crippen LogP contribution in [0.1, 0.15) is 60.8 Å². The quantitative estimate of drug-likeness (QED) is 0.742. The Kier molecular flexibility index (Phi) is 5.19. The molecule has 0 spiro atoms. The molecule has 96 valence electrons. The summed E-state index contributed by atoms with van der Waals surface area (Å²) in [6, 6.07) is 0. The fraction of sp³-hybridized carbons (Fsp3) is 0.692. The molecule has 1 aromatic heterocycles. The van der Waals surface area contributed by atoms with Gasteiger partial charge < -0.3 is 5.11 Å². The van der Waals surface area contributed by atoms with Gasteiger partial charge in [0.2, 0.25) is 0 Å². The summed E-state index contributed by atoms with van der Waals surface area (Å²) in [5, 5.41) is 13.3. The lowest BCUT2D eigenvalue weighted by Gasteiger charge is -2.04. The highest BCUT2D eigenvalue weighted by Crippen LogP contribution is 2.14. The van der Waals surface area contributed by atoms with Crippen LogP contribution < -0.4 is 0 Å². The third kappa shape index (κ3) is 3.58. The van der Waals surface area contributed by atoms with Gasteiger partial charge in [-0.25, -0.2) is 4.79 Å². The Hall–Kier alpha value is -1.32. The zero-order valence-electron chi connectivity index (χ0n) is 11.0. The van der Waals surface area contributed by atoms with Gasteiger partial charge in [-0.05, 0) is 20.3 Å². The predicted molar refractivity (Wildman–Crippen MR) is 67.4 cm³/mol. The third-order valence-corrected chi connectivity index (χ3v) is 3.07. The van der Waals surface area contributed by atoms with Crippen molar-refractivity contribution in [3.63, 3.8) is 0 Å². The van der Waals surface area contributed by atoms with Gasteiger partial charge in [-0.2, -0.15) is 5.10 Å². The first-order valence-electron chi connectivity index (χ1n) is 6.35. The Bertz CT molecular complexity index is 383. The molecule has 1 rings (SSSR count). The van der Waals surface area contributed by atoms with Crippen molar-refractivity contribution in [2.24, 2.45) is 0 Å². The zero-order chi connectivity index (χ0) is 12.8. The Balaban J connectivity index is 2.55. The Labute approximate surface area is 103 Å². The molecule has 1 heterocycles. The normalized spacial score (nSPS) is 10.8. The van der Waals surface area contributed by atoms with Crippen LogP contribution in [0.4, 0.5) is 0 Å². The van der Waals surface area contributed by atoms with Gasteiger partial charge in [0.05, 0.1) is 11.4 Å². The van der Waals surface area contributed by atoms with Gasteiger partial charge in [0.25, 0.3) is 0 Å². The monoisotopic (exact) mass is 238 g/mol. The fourth-order valence-electron chi connectivity index (χ4n) is 2.09. The lowest BCUT2D eigenvalue weighted by atomic mass is 10.1. The second-order valence-electron chi connectivity index (χ2n) is 4.49. The van der Waals surface area contributed by atoms with Crippen molar-refractivity contribution in [2.45, 2.75) is 59.4 Å². The SMILES string of the molecule is CCCCCCCn1nc(C)c(C(=O)O)c1C. The molecule has 4 nitrogen and oxygen atoms in total. The van der Waals surface area contributed by atoms with Gasteiger partial charge in [-0.3, -0.25) is 4.68 Å². The summed E-state index contributed by atoms with van der Waals surface area (Å²) in [7, 11) is 0. The maximum absolute atomic E-state index is 11.0. The van der Waals surface area contributed by atoms with E-state index in [1.54, 1.807) is 6.92 Å². The van der Waals surface area contributed by atoms with Gasteiger partial charge in [-0.1, -0.05) is 32.6 Å². The lowest BCUT2D eigenvalue weighted by Crippen LogP contribution is -2.04. The number of rotatable bonds is 7. The number of aromatic nitrogens is 2. The molecule has 0 fully saturated rings. The van der Waals surface area contributed by atoms with Crippen LogP contribution in [0.3, 0.4) is 0 Å². The van der Waals surface area contributed by atoms with E-state index in [-0.39, 0.29) is 0 Å². The summed E-state index contributed by atoms with van der Waals surface area (Å²) >= 11 is 0. The van der Waals surface area contributed by atoms with Crippen molar-refractivity contribution in [3.05, 3.63) is 17.0 Å². The second-order valence-corrected chi connectivity index (χ2v) is 4.49. The number of unbranched alkanes of at least 4 members (excludes halogenated alkanes) is 4. The van der Waals surface area contributed by atoms with Crippen LogP contribution in [0, 0.1) is 13.8 Å². The molecule has 1 aromatic rings. The molecule has 0 saturated heterocycles. The molecule has 0 aliphatic carbocycles. The highest BCUT2D eigenvalue weighted by Gasteiger charge is 2.16. The van der Waals surface area contributed by atoms with Crippen LogP contribution in [0.25, 0.3) is 0 Å². The number of carbonyl (C=O) groups is 1. The van der Waals surface area contributed by atoms with E-state index in [2.05, 4.69) is 12.0 Å². The molecule has 0 aliphatic heterocycles. The Morgan fingerprint density at radius 3 is 2.41 bits per heavy atom. The van der Waals surface area contributed by atoms with E-state index in [0.717, 1.165) is 18.7 Å². The molecule has 0 amide bonds. The maximum Gasteiger partial charge on any atom is 0.339 e. The van der Waals surface area contributed by atoms with Gasteiger partial charge in [0.1, 0.15) is 5.56 Å². The van der Waals surface area contributed by atoms with E-state index in [4.69, 9.17) is 5.11 Å². The minimum atomic E-state index is -0.878. The largest absolute Gasteiger partial charge is 0.478 e. The molecule has 0 unspecified atom stereocenters. The minimum absolute atomic E-state index is 0.360. The van der Waals surface area contributed by atoms with E-state index in [1.807, 2.05) is 11.6 Å². The summed E-state index contributed by atoms with van der Waals surface area (Å²) in [6.07, 6.45) is 6.03. The number of hydrogen-bond acceptors (Lipinski definition) is 2. The maximum atomic E-state index is 11.0. The summed E-state index contributed by atoms with van der Waals surface area (Å²) in [5.41, 5.74) is 1.74. The highest BCUT2D eigenvalue weighted by atomic mass is 16.4. The van der Waals surface area contributed by atoms with E-state index in [1.165, 1.54) is 25.7 Å². The minimum Gasteiger partial charge on any atom is -0.478 e. The van der Waals surface area contributed by atoms with E-state index in [9.17, 15) is 4.79 Å². The average molecular weight is 238 g/mol. The van der Waals surface area contributed by atoms with E-state index < -0.39 is 5.97 Å². The third-order valence-electron chi connectivity index (χ3n) is 3.07. The predicted octanol–water partition coefficient (Wildman–Crippen LogP) is 3.17. The molecule has 0 aromatic carbocycles. The van der Waals surface area contributed by atoms with Crippen LogP contribution in [0.5, 0.6) is 0 Å². The number of hydrogen-bond donors (Lipinski definition) is 1. The van der Waals surface area contributed by atoms with Crippen molar-refractivity contribution < 1.29 is 9.90 Å². The topological polar surface area (TPSA) is 55.1 Å². The summed E-state index contributed by atoms with van der Waals surface area (Å²) in [6.45, 7) is 6.60. The standard InChI is InChI=1S/C13H22N2O2/c1-4-5-6-7-8-9-15-11(3)12(13(16)17)10(2)14-15/h4-9H2,1-3H3,(H,16,17). The first-order chi connectivity index (χ1) is 8.07. The number of carboxylic acid groups (broad SMARTS) is 1. The van der Waals surface area contributed by atoms with Crippen molar-refractivity contribution in [1.82, 2.24) is 9.78 Å². The van der Waals surface area contributed by atoms with Crippen molar-refractivity contribution in [1.29, 1.82) is 0 Å². The zero-order valence-corrected chi connectivity index (χ0v) is 11.0. The van der Waals surface area contributed by atoms with Crippen molar-refractivity contribution >= 4 is 5.97 Å². The van der Waals surface area contributed by atoms with Crippen LogP contribution >= 0.6 is 0 Å². The molecular formula is C13H22N2O2. The number of aromatic carboxylic acids is 1. The highest BCUT2D eigenvalue weighted by molar-refractivity contribution is 5.90. The molecule has 0 saturated carbocycles. The lowest BCUT2D eigenvalue weighted by molar-refractivity contribution is 0.0695.